The molecule has 2 rings (SSSR count). The Balaban J connectivity index is 1.92. The molecule has 1 aromatic carbocycles. The summed E-state index contributed by atoms with van der Waals surface area (Å²) in [6.45, 7) is 0. The van der Waals surface area contributed by atoms with Gasteiger partial charge in [0, 0.05) is 17.8 Å². The van der Waals surface area contributed by atoms with E-state index in [0.717, 1.165) is 11.4 Å². The number of methoxy groups -OCH3 is 1. The van der Waals surface area contributed by atoms with Gasteiger partial charge in [0.25, 0.3) is 0 Å². The highest BCUT2D eigenvalue weighted by Gasteiger charge is 2.19. The van der Waals surface area contributed by atoms with Crippen molar-refractivity contribution in [1.29, 1.82) is 0 Å². The first-order valence-corrected chi connectivity index (χ1v) is 6.88. The number of benzene rings is 1. The number of ether oxygens (including phenoxy) is 1. The average Bonchev–Trinajstić information content (AvgIpc) is 2.40. The molecule has 0 unspecified atom stereocenters. The summed E-state index contributed by atoms with van der Waals surface area (Å²) in [6, 6.07) is 7.10. The topological polar surface area (TPSA) is 33.3 Å². The van der Waals surface area contributed by atoms with E-state index in [4.69, 9.17) is 16.3 Å². The summed E-state index contributed by atoms with van der Waals surface area (Å²) in [5.41, 5.74) is 1.08. The summed E-state index contributed by atoms with van der Waals surface area (Å²) in [5.74, 6) is 0.723. The zero-order valence-corrected chi connectivity index (χ0v) is 11.8. The molecule has 0 heterocycles. The molecule has 1 aliphatic rings. The molecule has 1 aromatic rings. The lowest BCUT2D eigenvalue weighted by molar-refractivity contribution is 0.371. The lowest BCUT2D eigenvalue weighted by atomic mass is 9.91. The van der Waals surface area contributed by atoms with Crippen molar-refractivity contribution in [3.63, 3.8) is 0 Å². The first kappa shape index (κ1) is 13.5. The average molecular weight is 269 g/mol. The fraction of sp³-hybridized carbons (Fsp3) is 0.571. The molecular weight excluding hydrogens is 248 g/mol. The highest BCUT2D eigenvalue weighted by atomic mass is 35.5. The highest BCUT2D eigenvalue weighted by molar-refractivity contribution is 6.32. The van der Waals surface area contributed by atoms with Crippen LogP contribution in [0.5, 0.6) is 5.75 Å². The number of rotatable bonds is 4. The second-order valence-corrected chi connectivity index (χ2v) is 5.24. The van der Waals surface area contributed by atoms with E-state index in [-0.39, 0.29) is 0 Å². The molecule has 0 saturated heterocycles. The normalized spacial score (nSPS) is 23.7. The van der Waals surface area contributed by atoms with Crippen molar-refractivity contribution in [2.45, 2.75) is 37.8 Å². The molecule has 0 amide bonds. The molecule has 2 N–H and O–H groups in total. The van der Waals surface area contributed by atoms with Gasteiger partial charge in [0.15, 0.2) is 0 Å². The molecule has 0 spiro atoms. The number of anilines is 1. The minimum Gasteiger partial charge on any atom is -0.495 e. The predicted molar refractivity (Wildman–Crippen MR) is 76.7 cm³/mol. The van der Waals surface area contributed by atoms with Gasteiger partial charge in [-0.25, -0.2) is 0 Å². The molecule has 0 atom stereocenters. The number of nitrogens with one attached hydrogen (secondary N) is 2. The third-order valence-electron chi connectivity index (χ3n) is 3.66. The van der Waals surface area contributed by atoms with Crippen LogP contribution in [0.15, 0.2) is 18.2 Å². The first-order valence-electron chi connectivity index (χ1n) is 6.50. The summed E-state index contributed by atoms with van der Waals surface area (Å²) in [4.78, 5) is 0. The Bertz CT molecular complexity index is 389. The van der Waals surface area contributed by atoms with Crippen LogP contribution >= 0.6 is 11.6 Å². The van der Waals surface area contributed by atoms with Crippen molar-refractivity contribution in [1.82, 2.24) is 5.32 Å². The Kier molecular flexibility index (Phi) is 4.72. The molecule has 1 aliphatic carbocycles. The van der Waals surface area contributed by atoms with Crippen LogP contribution in [-0.2, 0) is 0 Å². The van der Waals surface area contributed by atoms with E-state index in [0.29, 0.717) is 17.1 Å². The van der Waals surface area contributed by atoms with Gasteiger partial charge in [-0.2, -0.15) is 0 Å². The molecule has 4 heteroatoms. The number of halogens is 1. The van der Waals surface area contributed by atoms with E-state index in [1.54, 1.807) is 7.11 Å². The lowest BCUT2D eigenvalue weighted by Crippen LogP contribution is -2.34. The van der Waals surface area contributed by atoms with Crippen LogP contribution in [0.3, 0.4) is 0 Å². The molecule has 0 aliphatic heterocycles. The molecule has 3 nitrogen and oxygen atoms in total. The number of hydrogen-bond donors (Lipinski definition) is 2. The van der Waals surface area contributed by atoms with Gasteiger partial charge in [-0.15, -0.1) is 0 Å². The Labute approximate surface area is 114 Å². The SMILES string of the molecule is CNC1CCC(Nc2ccc(OC)c(Cl)c2)CC1. The quantitative estimate of drug-likeness (QED) is 0.879. The molecule has 0 aromatic heterocycles. The maximum atomic E-state index is 6.12. The maximum Gasteiger partial charge on any atom is 0.137 e. The molecule has 18 heavy (non-hydrogen) atoms. The summed E-state index contributed by atoms with van der Waals surface area (Å²) >= 11 is 6.12. The predicted octanol–water partition coefficient (Wildman–Crippen LogP) is 3.29. The van der Waals surface area contributed by atoms with Crippen molar-refractivity contribution in [3.05, 3.63) is 23.2 Å². The van der Waals surface area contributed by atoms with Gasteiger partial charge in [0.2, 0.25) is 0 Å². The van der Waals surface area contributed by atoms with Crippen LogP contribution in [-0.4, -0.2) is 26.2 Å². The third kappa shape index (κ3) is 3.30. The van der Waals surface area contributed by atoms with Gasteiger partial charge >= 0.3 is 0 Å². The van der Waals surface area contributed by atoms with Gasteiger partial charge in [0.05, 0.1) is 12.1 Å². The van der Waals surface area contributed by atoms with Gasteiger partial charge in [0.1, 0.15) is 5.75 Å². The van der Waals surface area contributed by atoms with Gasteiger partial charge < -0.3 is 15.4 Å². The zero-order valence-electron chi connectivity index (χ0n) is 11.0. The molecule has 1 saturated carbocycles. The van der Waals surface area contributed by atoms with Crippen LogP contribution in [0.1, 0.15) is 25.7 Å². The Morgan fingerprint density at radius 3 is 2.39 bits per heavy atom. The van der Waals surface area contributed by atoms with Crippen molar-refractivity contribution in [2.24, 2.45) is 0 Å². The standard InChI is InChI=1S/C14H21ClN2O/c1-16-10-3-5-11(6-4-10)17-12-7-8-14(18-2)13(15)9-12/h7-11,16-17H,3-6H2,1-2H3. The molecular formula is C14H21ClN2O. The molecule has 1 fully saturated rings. The first-order chi connectivity index (χ1) is 8.72. The minimum absolute atomic E-state index is 0.555. The highest BCUT2D eigenvalue weighted by Crippen LogP contribution is 2.29. The second-order valence-electron chi connectivity index (χ2n) is 4.83. The Hall–Kier alpha value is -0.930. The van der Waals surface area contributed by atoms with Gasteiger partial charge in [-0.05, 0) is 50.9 Å². The van der Waals surface area contributed by atoms with Crippen molar-refractivity contribution in [3.8, 4) is 5.75 Å². The third-order valence-corrected chi connectivity index (χ3v) is 3.95. The largest absolute Gasteiger partial charge is 0.495 e. The van der Waals surface area contributed by atoms with Crippen molar-refractivity contribution < 1.29 is 4.74 Å². The summed E-state index contributed by atoms with van der Waals surface area (Å²) in [7, 11) is 3.68. The van der Waals surface area contributed by atoms with Gasteiger partial charge in [-0.3, -0.25) is 0 Å². The summed E-state index contributed by atoms with van der Waals surface area (Å²) in [5, 5.41) is 7.56. The van der Waals surface area contributed by atoms with E-state index in [2.05, 4.69) is 10.6 Å². The maximum absolute atomic E-state index is 6.12. The van der Waals surface area contributed by atoms with E-state index in [1.807, 2.05) is 25.2 Å². The van der Waals surface area contributed by atoms with Crippen LogP contribution in [0.2, 0.25) is 5.02 Å². The zero-order chi connectivity index (χ0) is 13.0. The second kappa shape index (κ2) is 6.30. The lowest BCUT2D eigenvalue weighted by Gasteiger charge is -2.29. The Morgan fingerprint density at radius 1 is 1.17 bits per heavy atom. The van der Waals surface area contributed by atoms with E-state index >= 15 is 0 Å². The minimum atomic E-state index is 0.555. The van der Waals surface area contributed by atoms with Crippen LogP contribution in [0.25, 0.3) is 0 Å². The van der Waals surface area contributed by atoms with Gasteiger partial charge in [-0.1, -0.05) is 11.6 Å². The van der Waals surface area contributed by atoms with Crippen molar-refractivity contribution >= 4 is 17.3 Å². The van der Waals surface area contributed by atoms with Crippen LogP contribution < -0.4 is 15.4 Å². The van der Waals surface area contributed by atoms with E-state index in [9.17, 15) is 0 Å². The molecule has 100 valence electrons. The van der Waals surface area contributed by atoms with E-state index in [1.165, 1.54) is 25.7 Å². The Morgan fingerprint density at radius 2 is 1.83 bits per heavy atom. The van der Waals surface area contributed by atoms with Crippen LogP contribution in [0, 0.1) is 0 Å². The monoisotopic (exact) mass is 268 g/mol. The smallest absolute Gasteiger partial charge is 0.137 e. The molecule has 0 radical (unpaired) electrons. The van der Waals surface area contributed by atoms with Crippen LogP contribution in [0.4, 0.5) is 5.69 Å². The number of hydrogen-bond acceptors (Lipinski definition) is 3. The van der Waals surface area contributed by atoms with E-state index < -0.39 is 0 Å². The summed E-state index contributed by atoms with van der Waals surface area (Å²) in [6.07, 6.45) is 4.88. The molecule has 0 bridgehead atoms. The van der Waals surface area contributed by atoms with Crippen molar-refractivity contribution in [2.75, 3.05) is 19.5 Å². The fourth-order valence-electron chi connectivity index (χ4n) is 2.52. The summed E-state index contributed by atoms with van der Waals surface area (Å²) < 4.78 is 5.15. The fourth-order valence-corrected chi connectivity index (χ4v) is 2.78.